The number of amides is 1. The highest BCUT2D eigenvalue weighted by atomic mass is 16.2. The molecule has 3 nitrogen and oxygen atoms in total. The monoisotopic (exact) mass is 246 g/mol. The molecule has 0 radical (unpaired) electrons. The van der Waals surface area contributed by atoms with Gasteiger partial charge in [0.25, 0.3) is 5.91 Å². The third-order valence-corrected chi connectivity index (χ3v) is 3.70. The topological polar surface area (TPSA) is 32.3 Å². The third-order valence-electron chi connectivity index (χ3n) is 3.70. The molecule has 1 aromatic carbocycles. The van der Waals surface area contributed by atoms with Crippen molar-refractivity contribution in [2.75, 3.05) is 26.2 Å². The molecule has 0 atom stereocenters. The molecule has 18 heavy (non-hydrogen) atoms. The number of hydrogen-bond acceptors (Lipinski definition) is 2. The van der Waals surface area contributed by atoms with Crippen LogP contribution in [0.25, 0.3) is 0 Å². The van der Waals surface area contributed by atoms with Crippen LogP contribution in [-0.2, 0) is 0 Å². The van der Waals surface area contributed by atoms with Gasteiger partial charge >= 0.3 is 0 Å². The van der Waals surface area contributed by atoms with Gasteiger partial charge in [-0.05, 0) is 56.5 Å². The van der Waals surface area contributed by atoms with E-state index in [0.29, 0.717) is 0 Å². The largest absolute Gasteiger partial charge is 0.337 e. The zero-order valence-electron chi connectivity index (χ0n) is 11.5. The Bertz CT molecular complexity index is 446. The van der Waals surface area contributed by atoms with E-state index in [1.807, 2.05) is 17.9 Å². The SMILES string of the molecule is Cc1cc(C)c(C(=O)N2CCCNCC2)cc1C. The Balaban J connectivity index is 2.24. The van der Waals surface area contributed by atoms with Crippen LogP contribution in [0.15, 0.2) is 12.1 Å². The molecule has 1 amide bonds. The average molecular weight is 246 g/mol. The van der Waals surface area contributed by atoms with Crippen molar-refractivity contribution < 1.29 is 4.79 Å². The molecule has 0 aromatic heterocycles. The van der Waals surface area contributed by atoms with E-state index in [9.17, 15) is 4.79 Å². The summed E-state index contributed by atoms with van der Waals surface area (Å²) in [5.41, 5.74) is 4.39. The number of carbonyl (C=O) groups excluding carboxylic acids is 1. The van der Waals surface area contributed by atoms with Gasteiger partial charge in [0.15, 0.2) is 0 Å². The Morgan fingerprint density at radius 3 is 2.56 bits per heavy atom. The molecular weight excluding hydrogens is 224 g/mol. The normalized spacial score (nSPS) is 16.5. The van der Waals surface area contributed by atoms with Crippen molar-refractivity contribution in [1.29, 1.82) is 0 Å². The molecule has 2 rings (SSSR count). The van der Waals surface area contributed by atoms with Crippen molar-refractivity contribution >= 4 is 5.91 Å². The Morgan fingerprint density at radius 2 is 1.78 bits per heavy atom. The predicted molar refractivity (Wildman–Crippen MR) is 74.0 cm³/mol. The fourth-order valence-electron chi connectivity index (χ4n) is 2.41. The van der Waals surface area contributed by atoms with Gasteiger partial charge in [-0.15, -0.1) is 0 Å². The van der Waals surface area contributed by atoms with Crippen LogP contribution in [0, 0.1) is 20.8 Å². The van der Waals surface area contributed by atoms with E-state index < -0.39 is 0 Å². The van der Waals surface area contributed by atoms with Crippen LogP contribution < -0.4 is 5.32 Å². The molecule has 1 heterocycles. The quantitative estimate of drug-likeness (QED) is 0.822. The molecule has 0 unspecified atom stereocenters. The summed E-state index contributed by atoms with van der Waals surface area (Å²) < 4.78 is 0. The Kier molecular flexibility index (Phi) is 4.02. The second kappa shape index (κ2) is 5.53. The summed E-state index contributed by atoms with van der Waals surface area (Å²) in [4.78, 5) is 14.5. The lowest BCUT2D eigenvalue weighted by molar-refractivity contribution is 0.0765. The van der Waals surface area contributed by atoms with Crippen molar-refractivity contribution in [2.45, 2.75) is 27.2 Å². The van der Waals surface area contributed by atoms with Gasteiger partial charge in [0.1, 0.15) is 0 Å². The summed E-state index contributed by atoms with van der Waals surface area (Å²) in [6.45, 7) is 9.76. The van der Waals surface area contributed by atoms with Gasteiger partial charge in [0.05, 0.1) is 0 Å². The van der Waals surface area contributed by atoms with E-state index in [0.717, 1.165) is 43.7 Å². The van der Waals surface area contributed by atoms with E-state index in [1.165, 1.54) is 11.1 Å². The first-order valence-electron chi connectivity index (χ1n) is 6.67. The van der Waals surface area contributed by atoms with Crippen molar-refractivity contribution in [3.8, 4) is 0 Å². The molecule has 98 valence electrons. The predicted octanol–water partition coefficient (Wildman–Crippen LogP) is 2.05. The number of aryl methyl sites for hydroxylation is 3. The van der Waals surface area contributed by atoms with Crippen molar-refractivity contribution in [1.82, 2.24) is 10.2 Å². The van der Waals surface area contributed by atoms with E-state index in [1.54, 1.807) is 0 Å². The van der Waals surface area contributed by atoms with Crippen LogP contribution in [-0.4, -0.2) is 37.0 Å². The van der Waals surface area contributed by atoms with Crippen molar-refractivity contribution in [3.63, 3.8) is 0 Å². The fraction of sp³-hybridized carbons (Fsp3) is 0.533. The highest BCUT2D eigenvalue weighted by molar-refractivity contribution is 5.96. The second-order valence-corrected chi connectivity index (χ2v) is 5.15. The lowest BCUT2D eigenvalue weighted by atomic mass is 10.00. The van der Waals surface area contributed by atoms with Gasteiger partial charge in [-0.3, -0.25) is 4.79 Å². The van der Waals surface area contributed by atoms with Gasteiger partial charge in [0, 0.05) is 25.2 Å². The number of benzene rings is 1. The van der Waals surface area contributed by atoms with Crippen LogP contribution in [0.3, 0.4) is 0 Å². The lowest BCUT2D eigenvalue weighted by Crippen LogP contribution is -2.34. The summed E-state index contributed by atoms with van der Waals surface area (Å²) in [7, 11) is 0. The summed E-state index contributed by atoms with van der Waals surface area (Å²) >= 11 is 0. The van der Waals surface area contributed by atoms with Gasteiger partial charge in [-0.2, -0.15) is 0 Å². The molecule has 0 aliphatic carbocycles. The number of rotatable bonds is 1. The van der Waals surface area contributed by atoms with E-state index in [4.69, 9.17) is 0 Å². The summed E-state index contributed by atoms with van der Waals surface area (Å²) in [6, 6.07) is 4.14. The van der Waals surface area contributed by atoms with Crippen molar-refractivity contribution in [3.05, 3.63) is 34.4 Å². The molecule has 1 aliphatic heterocycles. The molecule has 1 fully saturated rings. The zero-order chi connectivity index (χ0) is 13.1. The van der Waals surface area contributed by atoms with Crippen LogP contribution in [0.1, 0.15) is 33.5 Å². The maximum Gasteiger partial charge on any atom is 0.254 e. The summed E-state index contributed by atoms with van der Waals surface area (Å²) in [6.07, 6.45) is 1.04. The number of hydrogen-bond donors (Lipinski definition) is 1. The summed E-state index contributed by atoms with van der Waals surface area (Å²) in [5.74, 6) is 0.180. The highest BCUT2D eigenvalue weighted by Gasteiger charge is 2.19. The minimum Gasteiger partial charge on any atom is -0.337 e. The Morgan fingerprint density at radius 1 is 1.06 bits per heavy atom. The fourth-order valence-corrected chi connectivity index (χ4v) is 2.41. The zero-order valence-corrected chi connectivity index (χ0v) is 11.5. The molecule has 0 bridgehead atoms. The highest BCUT2D eigenvalue weighted by Crippen LogP contribution is 2.17. The molecule has 1 N–H and O–H groups in total. The number of nitrogens with zero attached hydrogens (tertiary/aromatic N) is 1. The molecule has 0 saturated carbocycles. The molecule has 1 aromatic rings. The van der Waals surface area contributed by atoms with E-state index >= 15 is 0 Å². The van der Waals surface area contributed by atoms with Gasteiger partial charge in [-0.25, -0.2) is 0 Å². The standard InChI is InChI=1S/C15H22N2O/c1-11-9-13(3)14(10-12(11)2)15(18)17-7-4-5-16-6-8-17/h9-10,16H,4-8H2,1-3H3. The number of nitrogens with one attached hydrogen (secondary N) is 1. The average Bonchev–Trinajstić information content (AvgIpc) is 2.61. The second-order valence-electron chi connectivity index (χ2n) is 5.15. The molecule has 0 spiro atoms. The first-order chi connectivity index (χ1) is 8.59. The number of carbonyl (C=O) groups is 1. The maximum atomic E-state index is 12.5. The first-order valence-corrected chi connectivity index (χ1v) is 6.67. The molecular formula is C15H22N2O. The van der Waals surface area contributed by atoms with Crippen LogP contribution >= 0.6 is 0 Å². The molecule has 1 saturated heterocycles. The van der Waals surface area contributed by atoms with Crippen LogP contribution in [0.5, 0.6) is 0 Å². The smallest absolute Gasteiger partial charge is 0.254 e. The summed E-state index contributed by atoms with van der Waals surface area (Å²) in [5, 5.41) is 3.32. The minimum absolute atomic E-state index is 0.180. The third kappa shape index (κ3) is 2.72. The Hall–Kier alpha value is -1.35. The Labute approximate surface area is 109 Å². The van der Waals surface area contributed by atoms with Crippen molar-refractivity contribution in [2.24, 2.45) is 0 Å². The maximum absolute atomic E-state index is 12.5. The molecule has 3 heteroatoms. The van der Waals surface area contributed by atoms with Gasteiger partial charge in [0.2, 0.25) is 0 Å². The minimum atomic E-state index is 0.180. The van der Waals surface area contributed by atoms with E-state index in [2.05, 4.69) is 25.2 Å². The first kappa shape index (κ1) is 13.1. The van der Waals surface area contributed by atoms with E-state index in [-0.39, 0.29) is 5.91 Å². The van der Waals surface area contributed by atoms with Crippen LogP contribution in [0.4, 0.5) is 0 Å². The molecule has 1 aliphatic rings. The lowest BCUT2D eigenvalue weighted by Gasteiger charge is -2.21. The van der Waals surface area contributed by atoms with Crippen LogP contribution in [0.2, 0.25) is 0 Å². The van der Waals surface area contributed by atoms with Gasteiger partial charge in [-0.1, -0.05) is 6.07 Å². The van der Waals surface area contributed by atoms with Gasteiger partial charge < -0.3 is 10.2 Å².